The molecule has 1 saturated heterocycles. The number of piperidine rings is 1. The second-order valence-corrected chi connectivity index (χ2v) is 8.03. The third-order valence-electron chi connectivity index (χ3n) is 6.24. The van der Waals surface area contributed by atoms with Gasteiger partial charge in [-0.1, -0.05) is 18.2 Å². The van der Waals surface area contributed by atoms with E-state index in [4.69, 9.17) is 5.73 Å². The highest BCUT2D eigenvalue weighted by Crippen LogP contribution is 2.32. The van der Waals surface area contributed by atoms with Crippen LogP contribution in [-0.4, -0.2) is 23.6 Å². The number of rotatable bonds is 2. The van der Waals surface area contributed by atoms with Crippen LogP contribution in [-0.2, 0) is 17.9 Å². The molecule has 0 unspecified atom stereocenters. The molecule has 0 aliphatic carbocycles. The van der Waals surface area contributed by atoms with Crippen molar-refractivity contribution in [2.75, 3.05) is 28.6 Å². The molecule has 2 N–H and O–H groups in total. The van der Waals surface area contributed by atoms with E-state index in [1.807, 2.05) is 23.1 Å². The van der Waals surface area contributed by atoms with Crippen molar-refractivity contribution in [3.05, 3.63) is 78.1 Å². The number of anilines is 3. The van der Waals surface area contributed by atoms with Gasteiger partial charge in [-0.15, -0.1) is 0 Å². The van der Waals surface area contributed by atoms with E-state index in [1.54, 1.807) is 0 Å². The summed E-state index contributed by atoms with van der Waals surface area (Å²) in [5.74, 6) is 0.318. The van der Waals surface area contributed by atoms with Gasteiger partial charge >= 0.3 is 0 Å². The highest BCUT2D eigenvalue weighted by Gasteiger charge is 2.31. The summed E-state index contributed by atoms with van der Waals surface area (Å²) in [7, 11) is 0. The largest absolute Gasteiger partial charge is 0.399 e. The molecule has 1 aromatic heterocycles. The maximum absolute atomic E-state index is 13.6. The molecule has 0 spiro atoms. The molecule has 3 heterocycles. The molecular formula is C24H26N4O. The first kappa shape index (κ1) is 17.9. The second kappa shape index (κ2) is 7.32. The molecule has 5 rings (SSSR count). The highest BCUT2D eigenvalue weighted by molar-refractivity contribution is 5.96. The number of nitrogens with zero attached hydrogens (tertiary/aromatic N) is 3. The number of aromatic nitrogens is 1. The molecule has 0 radical (unpaired) electrons. The van der Waals surface area contributed by atoms with Crippen molar-refractivity contribution < 1.29 is 4.79 Å². The molecule has 5 nitrogen and oxygen atoms in total. The van der Waals surface area contributed by atoms with Gasteiger partial charge in [-0.3, -0.25) is 4.79 Å². The van der Waals surface area contributed by atoms with Gasteiger partial charge in [0.05, 0.1) is 6.54 Å². The Bertz CT molecular complexity index is 1020. The number of para-hydroxylation sites is 1. The fourth-order valence-corrected chi connectivity index (χ4v) is 4.57. The van der Waals surface area contributed by atoms with Crippen LogP contribution in [0.1, 0.15) is 24.1 Å². The number of carbonyl (C=O) groups is 1. The Balaban J connectivity index is 1.35. The Labute approximate surface area is 171 Å². The summed E-state index contributed by atoms with van der Waals surface area (Å²) in [5.41, 5.74) is 11.2. The lowest BCUT2D eigenvalue weighted by molar-refractivity contribution is -0.123. The maximum atomic E-state index is 13.6. The number of amides is 1. The first-order valence-electron chi connectivity index (χ1n) is 10.3. The Kier molecular flexibility index (Phi) is 4.51. The average molecular weight is 386 g/mol. The van der Waals surface area contributed by atoms with Gasteiger partial charge in [0, 0.05) is 54.5 Å². The minimum atomic E-state index is 0.0644. The smallest absolute Gasteiger partial charge is 0.230 e. The van der Waals surface area contributed by atoms with Crippen molar-refractivity contribution >= 4 is 23.0 Å². The third kappa shape index (κ3) is 3.37. The molecule has 1 fully saturated rings. The maximum Gasteiger partial charge on any atom is 0.230 e. The summed E-state index contributed by atoms with van der Waals surface area (Å²) >= 11 is 0. The predicted octanol–water partition coefficient (Wildman–Crippen LogP) is 3.88. The molecule has 2 aromatic carbocycles. The van der Waals surface area contributed by atoms with Gasteiger partial charge < -0.3 is 20.1 Å². The van der Waals surface area contributed by atoms with Crippen molar-refractivity contribution in [1.29, 1.82) is 0 Å². The van der Waals surface area contributed by atoms with Crippen LogP contribution in [0.4, 0.5) is 17.1 Å². The van der Waals surface area contributed by atoms with E-state index in [0.717, 1.165) is 43.9 Å². The van der Waals surface area contributed by atoms with Crippen LogP contribution in [0.15, 0.2) is 66.9 Å². The third-order valence-corrected chi connectivity index (χ3v) is 6.24. The molecule has 5 heteroatoms. The van der Waals surface area contributed by atoms with E-state index in [2.05, 4.69) is 58.1 Å². The lowest BCUT2D eigenvalue weighted by Gasteiger charge is -2.35. The monoisotopic (exact) mass is 386 g/mol. The van der Waals surface area contributed by atoms with Gasteiger partial charge in [0.25, 0.3) is 0 Å². The number of hydrogen-bond acceptors (Lipinski definition) is 3. The number of nitrogen functional groups attached to an aromatic ring is 1. The minimum Gasteiger partial charge on any atom is -0.399 e. The summed E-state index contributed by atoms with van der Waals surface area (Å²) in [5, 5.41) is 0. The van der Waals surface area contributed by atoms with Gasteiger partial charge in [-0.25, -0.2) is 0 Å². The van der Waals surface area contributed by atoms with E-state index in [0.29, 0.717) is 6.54 Å². The number of nitrogens with two attached hydrogens (primary N) is 1. The molecule has 148 valence electrons. The summed E-state index contributed by atoms with van der Waals surface area (Å²) in [6.45, 7) is 3.25. The van der Waals surface area contributed by atoms with Crippen LogP contribution in [0, 0.1) is 5.92 Å². The van der Waals surface area contributed by atoms with Crippen LogP contribution in [0.25, 0.3) is 0 Å². The summed E-state index contributed by atoms with van der Waals surface area (Å²) in [6, 6.07) is 20.5. The molecule has 29 heavy (non-hydrogen) atoms. The van der Waals surface area contributed by atoms with Gasteiger partial charge in [0.1, 0.15) is 0 Å². The van der Waals surface area contributed by atoms with Gasteiger partial charge in [-0.05, 0) is 60.9 Å². The van der Waals surface area contributed by atoms with Crippen molar-refractivity contribution in [3.63, 3.8) is 0 Å². The SMILES string of the molecule is Nc1ccc(N2CCC(C(=O)N3Cc4cccn4Cc4ccccc43)CC2)cc1. The Morgan fingerprint density at radius 2 is 1.66 bits per heavy atom. The normalized spacial score (nSPS) is 16.8. The first-order chi connectivity index (χ1) is 14.2. The first-order valence-corrected chi connectivity index (χ1v) is 10.3. The molecule has 0 saturated carbocycles. The highest BCUT2D eigenvalue weighted by atomic mass is 16.2. The zero-order valence-corrected chi connectivity index (χ0v) is 16.5. The Morgan fingerprint density at radius 3 is 2.45 bits per heavy atom. The summed E-state index contributed by atoms with van der Waals surface area (Å²) in [4.78, 5) is 17.9. The van der Waals surface area contributed by atoms with Gasteiger partial charge in [0.2, 0.25) is 5.91 Å². The lowest BCUT2D eigenvalue weighted by Crippen LogP contribution is -2.42. The molecule has 2 aliphatic heterocycles. The van der Waals surface area contributed by atoms with Gasteiger partial charge in [0.15, 0.2) is 0 Å². The number of hydrogen-bond donors (Lipinski definition) is 1. The zero-order valence-electron chi connectivity index (χ0n) is 16.5. The quantitative estimate of drug-likeness (QED) is 0.680. The van der Waals surface area contributed by atoms with Crippen molar-refractivity contribution in [3.8, 4) is 0 Å². The summed E-state index contributed by atoms with van der Waals surface area (Å²) in [6.07, 6.45) is 3.86. The van der Waals surface area contributed by atoms with Crippen molar-refractivity contribution in [2.24, 2.45) is 5.92 Å². The van der Waals surface area contributed by atoms with Crippen LogP contribution in [0.3, 0.4) is 0 Å². The predicted molar refractivity (Wildman–Crippen MR) is 117 cm³/mol. The average Bonchev–Trinajstić information content (AvgIpc) is 3.13. The van der Waals surface area contributed by atoms with E-state index in [9.17, 15) is 4.79 Å². The van der Waals surface area contributed by atoms with E-state index in [1.165, 1.54) is 16.9 Å². The molecule has 1 amide bonds. The van der Waals surface area contributed by atoms with Crippen LogP contribution < -0.4 is 15.5 Å². The van der Waals surface area contributed by atoms with E-state index < -0.39 is 0 Å². The van der Waals surface area contributed by atoms with Crippen LogP contribution in [0.2, 0.25) is 0 Å². The fraction of sp³-hybridized carbons (Fsp3) is 0.292. The number of fused-ring (bicyclic) bond motifs is 2. The molecule has 0 bridgehead atoms. The number of benzene rings is 2. The summed E-state index contributed by atoms with van der Waals surface area (Å²) < 4.78 is 2.25. The molecule has 0 atom stereocenters. The van der Waals surface area contributed by atoms with Gasteiger partial charge in [-0.2, -0.15) is 0 Å². The lowest BCUT2D eigenvalue weighted by atomic mass is 9.94. The van der Waals surface area contributed by atoms with Crippen LogP contribution >= 0.6 is 0 Å². The van der Waals surface area contributed by atoms with Crippen molar-refractivity contribution in [1.82, 2.24) is 4.57 Å². The Morgan fingerprint density at radius 1 is 0.897 bits per heavy atom. The Hall–Kier alpha value is -3.21. The van der Waals surface area contributed by atoms with E-state index >= 15 is 0 Å². The minimum absolute atomic E-state index is 0.0644. The van der Waals surface area contributed by atoms with Crippen LogP contribution in [0.5, 0.6) is 0 Å². The molecular weight excluding hydrogens is 360 g/mol. The zero-order chi connectivity index (χ0) is 19.8. The van der Waals surface area contributed by atoms with Crippen molar-refractivity contribution in [2.45, 2.75) is 25.9 Å². The van der Waals surface area contributed by atoms with E-state index in [-0.39, 0.29) is 11.8 Å². The standard InChI is InChI=1S/C24H26N4O/c25-20-7-9-21(10-8-20)26-14-11-18(12-15-26)24(29)28-17-22-5-3-13-27(22)16-19-4-1-2-6-23(19)28/h1-10,13,18H,11-12,14-17,25H2. The number of carbonyl (C=O) groups excluding carboxylic acids is 1. The molecule has 3 aromatic rings. The fourth-order valence-electron chi connectivity index (χ4n) is 4.57. The topological polar surface area (TPSA) is 54.5 Å². The second-order valence-electron chi connectivity index (χ2n) is 8.03. The molecule has 2 aliphatic rings.